The number of benzene rings is 1. The van der Waals surface area contributed by atoms with E-state index in [9.17, 15) is 17.6 Å². The predicted octanol–water partition coefficient (Wildman–Crippen LogP) is 3.37. The Bertz CT molecular complexity index is 604. The molecule has 1 aromatic heterocycles. The van der Waals surface area contributed by atoms with Crippen molar-refractivity contribution >= 4 is 17.6 Å². The molecule has 0 bridgehead atoms. The first-order valence-corrected chi connectivity index (χ1v) is 5.53. The molecule has 2 N–H and O–H groups in total. The van der Waals surface area contributed by atoms with Gasteiger partial charge in [0.05, 0.1) is 4.90 Å². The highest BCUT2D eigenvalue weighted by Gasteiger charge is 2.14. The van der Waals surface area contributed by atoms with Gasteiger partial charge in [-0.05, 0) is 18.2 Å². The summed E-state index contributed by atoms with van der Waals surface area (Å²) in [6.07, 6.45) is 0. The molecule has 2 nitrogen and oxygen atoms in total. The van der Waals surface area contributed by atoms with Crippen molar-refractivity contribution in [1.82, 2.24) is 4.98 Å². The van der Waals surface area contributed by atoms with Gasteiger partial charge in [-0.2, -0.15) is 0 Å². The topological polar surface area (TPSA) is 38.9 Å². The summed E-state index contributed by atoms with van der Waals surface area (Å²) in [5.74, 6) is -3.90. The molecular weight excluding hydrogens is 268 g/mol. The van der Waals surface area contributed by atoms with Gasteiger partial charge in [0.2, 0.25) is 0 Å². The largest absolute Gasteiger partial charge is 0.381 e. The Morgan fingerprint density at radius 3 is 2.39 bits per heavy atom. The van der Waals surface area contributed by atoms with Gasteiger partial charge in [-0.25, -0.2) is 22.5 Å². The van der Waals surface area contributed by atoms with Gasteiger partial charge in [-0.3, -0.25) is 0 Å². The number of nitrogen functional groups attached to an aromatic ring is 1. The van der Waals surface area contributed by atoms with Gasteiger partial charge in [-0.15, -0.1) is 0 Å². The van der Waals surface area contributed by atoms with Gasteiger partial charge < -0.3 is 5.73 Å². The van der Waals surface area contributed by atoms with Crippen molar-refractivity contribution in [1.29, 1.82) is 0 Å². The average molecular weight is 274 g/mol. The highest BCUT2D eigenvalue weighted by Crippen LogP contribution is 2.31. The van der Waals surface area contributed by atoms with Crippen LogP contribution >= 0.6 is 11.8 Å². The highest BCUT2D eigenvalue weighted by molar-refractivity contribution is 7.99. The Kier molecular flexibility index (Phi) is 3.42. The van der Waals surface area contributed by atoms with Crippen LogP contribution in [0.1, 0.15) is 0 Å². The smallest absolute Gasteiger partial charge is 0.168 e. The molecule has 0 aliphatic rings. The lowest BCUT2D eigenvalue weighted by Gasteiger charge is -2.05. The Hall–Kier alpha value is -1.76. The second-order valence-electron chi connectivity index (χ2n) is 3.32. The molecule has 0 spiro atoms. The summed E-state index contributed by atoms with van der Waals surface area (Å²) >= 11 is 0.530. The van der Waals surface area contributed by atoms with Crippen molar-refractivity contribution in [2.75, 3.05) is 5.73 Å². The molecule has 0 saturated carbocycles. The summed E-state index contributed by atoms with van der Waals surface area (Å²) in [6.45, 7) is 0. The van der Waals surface area contributed by atoms with E-state index >= 15 is 0 Å². The van der Waals surface area contributed by atoms with E-state index in [0.717, 1.165) is 18.2 Å². The number of hydrogen-bond acceptors (Lipinski definition) is 3. The average Bonchev–Trinajstić information content (AvgIpc) is 2.30. The summed E-state index contributed by atoms with van der Waals surface area (Å²) < 4.78 is 52.5. The van der Waals surface area contributed by atoms with Gasteiger partial charge in [-0.1, -0.05) is 11.8 Å². The molecule has 0 radical (unpaired) electrons. The maximum Gasteiger partial charge on any atom is 0.168 e. The summed E-state index contributed by atoms with van der Waals surface area (Å²) in [5.41, 5.74) is 5.18. The first kappa shape index (κ1) is 12.7. The van der Waals surface area contributed by atoms with Crippen LogP contribution in [0.4, 0.5) is 23.4 Å². The minimum absolute atomic E-state index is 0.160. The number of halogens is 4. The van der Waals surface area contributed by atoms with Crippen molar-refractivity contribution in [2.45, 2.75) is 9.92 Å². The normalized spacial score (nSPS) is 10.7. The maximum atomic E-state index is 13.4. The zero-order valence-electron chi connectivity index (χ0n) is 8.75. The van der Waals surface area contributed by atoms with Gasteiger partial charge >= 0.3 is 0 Å². The minimum atomic E-state index is -1.00. The molecule has 1 aromatic carbocycles. The van der Waals surface area contributed by atoms with Crippen molar-refractivity contribution in [3.05, 3.63) is 47.5 Å². The molecule has 0 unspecified atom stereocenters. The number of nitrogens with zero attached hydrogens (tertiary/aromatic N) is 1. The monoisotopic (exact) mass is 274 g/mol. The summed E-state index contributed by atoms with van der Waals surface area (Å²) in [4.78, 5) is 3.28. The third kappa shape index (κ3) is 2.56. The SMILES string of the molecule is Nc1nc(Sc2cc(F)ccc2F)c(F)cc1F. The molecule has 0 saturated heterocycles. The number of hydrogen-bond donors (Lipinski definition) is 1. The fourth-order valence-corrected chi connectivity index (χ4v) is 2.04. The molecule has 7 heteroatoms. The van der Waals surface area contributed by atoms with E-state index in [4.69, 9.17) is 5.73 Å². The van der Waals surface area contributed by atoms with Crippen molar-refractivity contribution in [3.63, 3.8) is 0 Å². The van der Waals surface area contributed by atoms with Crippen LogP contribution < -0.4 is 5.73 Å². The quantitative estimate of drug-likeness (QED) is 0.853. The van der Waals surface area contributed by atoms with E-state index in [1.165, 1.54) is 0 Å². The molecule has 18 heavy (non-hydrogen) atoms. The molecular formula is C11H6F4N2S. The van der Waals surface area contributed by atoms with E-state index in [1.807, 2.05) is 0 Å². The fraction of sp³-hybridized carbons (Fsp3) is 0. The molecule has 94 valence electrons. The molecule has 0 amide bonds. The highest BCUT2D eigenvalue weighted by atomic mass is 32.2. The second-order valence-corrected chi connectivity index (χ2v) is 4.35. The minimum Gasteiger partial charge on any atom is -0.381 e. The summed E-state index contributed by atoms with van der Waals surface area (Å²) in [6, 6.07) is 3.27. The molecule has 2 rings (SSSR count). The lowest BCUT2D eigenvalue weighted by molar-refractivity contribution is 0.551. The van der Waals surface area contributed by atoms with E-state index < -0.39 is 29.1 Å². The Morgan fingerprint density at radius 2 is 1.67 bits per heavy atom. The lowest BCUT2D eigenvalue weighted by Crippen LogP contribution is -1.99. The first-order valence-electron chi connectivity index (χ1n) is 4.72. The molecule has 0 aliphatic carbocycles. The van der Waals surface area contributed by atoms with E-state index in [-0.39, 0.29) is 9.92 Å². The van der Waals surface area contributed by atoms with E-state index in [0.29, 0.717) is 17.8 Å². The van der Waals surface area contributed by atoms with Crippen LogP contribution in [0.3, 0.4) is 0 Å². The van der Waals surface area contributed by atoms with Gasteiger partial charge in [0.25, 0.3) is 0 Å². The molecule has 2 aromatic rings. The van der Waals surface area contributed by atoms with Crippen molar-refractivity contribution in [3.8, 4) is 0 Å². The molecule has 0 atom stereocenters. The van der Waals surface area contributed by atoms with Gasteiger partial charge in [0, 0.05) is 6.07 Å². The van der Waals surface area contributed by atoms with Crippen LogP contribution in [-0.2, 0) is 0 Å². The van der Waals surface area contributed by atoms with Crippen molar-refractivity contribution < 1.29 is 17.6 Å². The summed E-state index contributed by atoms with van der Waals surface area (Å²) in [7, 11) is 0. The number of rotatable bonds is 2. The first-order chi connectivity index (χ1) is 8.47. The Morgan fingerprint density at radius 1 is 0.944 bits per heavy atom. The molecule has 1 heterocycles. The van der Waals surface area contributed by atoms with Crippen LogP contribution in [0.15, 0.2) is 34.2 Å². The zero-order valence-corrected chi connectivity index (χ0v) is 9.57. The zero-order chi connectivity index (χ0) is 13.3. The molecule has 0 aliphatic heterocycles. The maximum absolute atomic E-state index is 13.4. The standard InChI is InChI=1S/C11H6F4N2S/c12-5-1-2-6(13)9(3-5)18-11-8(15)4-7(14)10(16)17-11/h1-4H,(H2,16,17). The van der Waals surface area contributed by atoms with E-state index in [1.54, 1.807) is 0 Å². The van der Waals surface area contributed by atoms with Crippen LogP contribution in [-0.4, -0.2) is 4.98 Å². The lowest BCUT2D eigenvalue weighted by atomic mass is 10.3. The fourth-order valence-electron chi connectivity index (χ4n) is 1.19. The summed E-state index contributed by atoms with van der Waals surface area (Å²) in [5, 5.41) is -0.321. The number of pyridine rings is 1. The van der Waals surface area contributed by atoms with Crippen molar-refractivity contribution in [2.24, 2.45) is 0 Å². The Balaban J connectivity index is 2.40. The van der Waals surface area contributed by atoms with Crippen LogP contribution in [0.25, 0.3) is 0 Å². The third-order valence-electron chi connectivity index (χ3n) is 2.02. The Labute approximate surface area is 104 Å². The second kappa shape index (κ2) is 4.85. The predicted molar refractivity (Wildman–Crippen MR) is 59.0 cm³/mol. The van der Waals surface area contributed by atoms with Crippen LogP contribution in [0.2, 0.25) is 0 Å². The number of nitrogens with two attached hydrogens (primary N) is 1. The van der Waals surface area contributed by atoms with Gasteiger partial charge in [0.1, 0.15) is 16.7 Å². The molecule has 0 fully saturated rings. The van der Waals surface area contributed by atoms with Gasteiger partial charge in [0.15, 0.2) is 17.5 Å². The van der Waals surface area contributed by atoms with Crippen LogP contribution in [0, 0.1) is 23.3 Å². The van der Waals surface area contributed by atoms with E-state index in [2.05, 4.69) is 4.98 Å². The number of aromatic nitrogens is 1. The third-order valence-corrected chi connectivity index (χ3v) is 3.04. The van der Waals surface area contributed by atoms with Crippen LogP contribution in [0.5, 0.6) is 0 Å². The number of anilines is 1.